The molecule has 2 unspecified atom stereocenters. The second kappa shape index (κ2) is 7.24. The molecule has 90 valence electrons. The Kier molecular flexibility index (Phi) is 6.26. The van der Waals surface area contributed by atoms with Crippen LogP contribution >= 0.6 is 0 Å². The third-order valence-corrected chi connectivity index (χ3v) is 3.67. The third kappa shape index (κ3) is 4.12. The minimum atomic E-state index is 0.347. The minimum absolute atomic E-state index is 0.347. The largest absolute Gasteiger partial charge is 0.380 e. The lowest BCUT2D eigenvalue weighted by Gasteiger charge is -2.34. The van der Waals surface area contributed by atoms with Crippen molar-refractivity contribution >= 4 is 0 Å². The third-order valence-electron chi connectivity index (χ3n) is 3.67. The Morgan fingerprint density at radius 1 is 1.27 bits per heavy atom. The van der Waals surface area contributed by atoms with Crippen molar-refractivity contribution < 1.29 is 4.74 Å². The maximum absolute atomic E-state index is 5.50. The first-order chi connectivity index (χ1) is 7.29. The second-order valence-corrected chi connectivity index (χ2v) is 4.82. The van der Waals surface area contributed by atoms with E-state index in [2.05, 4.69) is 19.2 Å². The summed E-state index contributed by atoms with van der Waals surface area (Å²) in [5.41, 5.74) is 0. The molecular weight excluding hydrogens is 186 g/mol. The highest BCUT2D eigenvalue weighted by Crippen LogP contribution is 2.28. The van der Waals surface area contributed by atoms with Crippen molar-refractivity contribution in [1.82, 2.24) is 5.32 Å². The zero-order chi connectivity index (χ0) is 11.1. The topological polar surface area (TPSA) is 21.3 Å². The van der Waals surface area contributed by atoms with Crippen molar-refractivity contribution in [1.29, 1.82) is 0 Å². The van der Waals surface area contributed by atoms with Gasteiger partial charge in [-0.1, -0.05) is 26.2 Å². The quantitative estimate of drug-likeness (QED) is 0.732. The van der Waals surface area contributed by atoms with E-state index in [0.29, 0.717) is 12.1 Å². The van der Waals surface area contributed by atoms with E-state index in [9.17, 15) is 0 Å². The molecule has 0 aliphatic heterocycles. The summed E-state index contributed by atoms with van der Waals surface area (Å²) in [4.78, 5) is 0. The molecule has 0 aromatic carbocycles. The van der Waals surface area contributed by atoms with Gasteiger partial charge in [0.1, 0.15) is 0 Å². The van der Waals surface area contributed by atoms with Crippen LogP contribution in [0.15, 0.2) is 0 Å². The van der Waals surface area contributed by atoms with Crippen LogP contribution in [-0.2, 0) is 4.74 Å². The number of methoxy groups -OCH3 is 1. The molecule has 0 aromatic rings. The van der Waals surface area contributed by atoms with E-state index in [-0.39, 0.29) is 0 Å². The molecule has 0 amide bonds. The average molecular weight is 213 g/mol. The van der Waals surface area contributed by atoms with Gasteiger partial charge in [0.05, 0.1) is 6.10 Å². The van der Waals surface area contributed by atoms with E-state index in [1.54, 1.807) is 0 Å². The van der Waals surface area contributed by atoms with Crippen LogP contribution in [0.2, 0.25) is 0 Å². The fraction of sp³-hybridized carbons (Fsp3) is 1.00. The van der Waals surface area contributed by atoms with Crippen molar-refractivity contribution in [3.05, 3.63) is 0 Å². The highest BCUT2D eigenvalue weighted by Gasteiger charge is 2.27. The van der Waals surface area contributed by atoms with Crippen LogP contribution in [0.3, 0.4) is 0 Å². The smallest absolute Gasteiger partial charge is 0.0698 e. The van der Waals surface area contributed by atoms with Gasteiger partial charge in [0, 0.05) is 13.2 Å². The molecule has 1 fully saturated rings. The van der Waals surface area contributed by atoms with Crippen molar-refractivity contribution in [3.8, 4) is 0 Å². The van der Waals surface area contributed by atoms with Gasteiger partial charge in [-0.2, -0.15) is 0 Å². The Bertz CT molecular complexity index is 155. The molecule has 0 saturated heterocycles. The van der Waals surface area contributed by atoms with Gasteiger partial charge < -0.3 is 10.1 Å². The van der Waals surface area contributed by atoms with Crippen molar-refractivity contribution in [2.24, 2.45) is 5.92 Å². The second-order valence-electron chi connectivity index (χ2n) is 4.82. The van der Waals surface area contributed by atoms with Gasteiger partial charge >= 0.3 is 0 Å². The van der Waals surface area contributed by atoms with Gasteiger partial charge in [-0.15, -0.1) is 0 Å². The summed E-state index contributed by atoms with van der Waals surface area (Å²) >= 11 is 0. The molecule has 0 bridgehead atoms. The Morgan fingerprint density at radius 3 is 2.47 bits per heavy atom. The molecular formula is C13H27NO. The summed E-state index contributed by atoms with van der Waals surface area (Å²) in [6, 6.07) is 0.565. The van der Waals surface area contributed by atoms with Crippen LogP contribution in [0.4, 0.5) is 0 Å². The van der Waals surface area contributed by atoms with E-state index in [0.717, 1.165) is 12.5 Å². The molecule has 1 saturated carbocycles. The molecule has 2 atom stereocenters. The Balaban J connectivity index is 2.45. The lowest BCUT2D eigenvalue weighted by atomic mass is 9.82. The standard InChI is InChI=1S/C13H27NO/c1-4-10-14-13(11(2)15-3)12-8-6-5-7-9-12/h11-14H,4-10H2,1-3H3. The molecule has 1 aliphatic carbocycles. The predicted octanol–water partition coefficient (Wildman–Crippen LogP) is 2.97. The molecule has 0 radical (unpaired) electrons. The van der Waals surface area contributed by atoms with Gasteiger partial charge in [-0.3, -0.25) is 0 Å². The van der Waals surface area contributed by atoms with E-state index < -0.39 is 0 Å². The normalized spacial score (nSPS) is 22.6. The summed E-state index contributed by atoms with van der Waals surface area (Å²) in [7, 11) is 1.83. The van der Waals surface area contributed by atoms with E-state index >= 15 is 0 Å². The minimum Gasteiger partial charge on any atom is -0.380 e. The monoisotopic (exact) mass is 213 g/mol. The van der Waals surface area contributed by atoms with Gasteiger partial charge in [0.2, 0.25) is 0 Å². The molecule has 2 heteroatoms. The van der Waals surface area contributed by atoms with Gasteiger partial charge in [0.25, 0.3) is 0 Å². The van der Waals surface area contributed by atoms with E-state index in [1.165, 1.54) is 38.5 Å². The highest BCUT2D eigenvalue weighted by atomic mass is 16.5. The van der Waals surface area contributed by atoms with Crippen LogP contribution in [0.5, 0.6) is 0 Å². The molecule has 15 heavy (non-hydrogen) atoms. The number of hydrogen-bond donors (Lipinski definition) is 1. The number of nitrogens with one attached hydrogen (secondary N) is 1. The maximum atomic E-state index is 5.50. The molecule has 1 rings (SSSR count). The molecule has 0 heterocycles. The molecule has 0 spiro atoms. The van der Waals surface area contributed by atoms with Crippen molar-refractivity contribution in [2.75, 3.05) is 13.7 Å². The van der Waals surface area contributed by atoms with Crippen molar-refractivity contribution in [2.45, 2.75) is 64.5 Å². The van der Waals surface area contributed by atoms with Crippen LogP contribution in [-0.4, -0.2) is 25.8 Å². The first-order valence-corrected chi connectivity index (χ1v) is 6.55. The molecule has 0 aromatic heterocycles. The summed E-state index contributed by atoms with van der Waals surface area (Å²) < 4.78 is 5.50. The fourth-order valence-corrected chi connectivity index (χ4v) is 2.67. The Hall–Kier alpha value is -0.0800. The first kappa shape index (κ1) is 13.0. The number of ether oxygens (including phenoxy) is 1. The molecule has 2 nitrogen and oxygen atoms in total. The maximum Gasteiger partial charge on any atom is 0.0698 e. The van der Waals surface area contributed by atoms with Gasteiger partial charge in [-0.25, -0.2) is 0 Å². The summed E-state index contributed by atoms with van der Waals surface area (Å²) in [5, 5.41) is 3.66. The number of rotatable bonds is 6. The van der Waals surface area contributed by atoms with Crippen LogP contribution in [0.25, 0.3) is 0 Å². The Morgan fingerprint density at radius 2 is 1.93 bits per heavy atom. The summed E-state index contributed by atoms with van der Waals surface area (Å²) in [6.07, 6.45) is 8.57. The average Bonchev–Trinajstić information content (AvgIpc) is 2.30. The first-order valence-electron chi connectivity index (χ1n) is 6.55. The lowest BCUT2D eigenvalue weighted by Crippen LogP contribution is -2.46. The SMILES string of the molecule is CCCNC(C1CCCCC1)C(C)OC. The fourth-order valence-electron chi connectivity index (χ4n) is 2.67. The van der Waals surface area contributed by atoms with E-state index in [1.807, 2.05) is 7.11 Å². The molecule has 1 aliphatic rings. The van der Waals surface area contributed by atoms with Crippen LogP contribution in [0, 0.1) is 5.92 Å². The van der Waals surface area contributed by atoms with Gasteiger partial charge in [-0.05, 0) is 38.6 Å². The van der Waals surface area contributed by atoms with Crippen LogP contribution < -0.4 is 5.32 Å². The van der Waals surface area contributed by atoms with Crippen molar-refractivity contribution in [3.63, 3.8) is 0 Å². The summed E-state index contributed by atoms with van der Waals surface area (Å²) in [5.74, 6) is 0.834. The lowest BCUT2D eigenvalue weighted by molar-refractivity contribution is 0.0524. The number of hydrogen-bond acceptors (Lipinski definition) is 2. The van der Waals surface area contributed by atoms with Crippen LogP contribution in [0.1, 0.15) is 52.4 Å². The predicted molar refractivity (Wildman–Crippen MR) is 65.1 cm³/mol. The zero-order valence-corrected chi connectivity index (χ0v) is 10.6. The van der Waals surface area contributed by atoms with E-state index in [4.69, 9.17) is 4.74 Å². The molecule has 1 N–H and O–H groups in total. The van der Waals surface area contributed by atoms with Gasteiger partial charge in [0.15, 0.2) is 0 Å². The Labute approximate surface area is 94.8 Å². The zero-order valence-electron chi connectivity index (χ0n) is 10.6. The highest BCUT2D eigenvalue weighted by molar-refractivity contribution is 4.83. The summed E-state index contributed by atoms with van der Waals surface area (Å²) in [6.45, 7) is 5.54.